The first-order valence-corrected chi connectivity index (χ1v) is 8.26. The Kier molecular flexibility index (Phi) is 4.63. The average molecular weight is 314 g/mol. The lowest BCUT2D eigenvalue weighted by atomic mass is 10.1. The highest BCUT2D eigenvalue weighted by Gasteiger charge is 2.33. The predicted molar refractivity (Wildman–Crippen MR) is 79.2 cm³/mol. The summed E-state index contributed by atoms with van der Waals surface area (Å²) in [6.45, 7) is 1.05. The number of hydrogen-bond donors (Lipinski definition) is 0. The van der Waals surface area contributed by atoms with E-state index < -0.39 is 21.9 Å². The van der Waals surface area contributed by atoms with Crippen LogP contribution in [0.25, 0.3) is 0 Å². The van der Waals surface area contributed by atoms with E-state index in [1.165, 1.54) is 4.90 Å². The highest BCUT2D eigenvalue weighted by molar-refractivity contribution is 7.86. The number of hydrogen-bond acceptors (Lipinski definition) is 4. The first-order chi connectivity index (χ1) is 9.74. The van der Waals surface area contributed by atoms with Crippen molar-refractivity contribution in [2.75, 3.05) is 31.3 Å². The summed E-state index contributed by atoms with van der Waals surface area (Å²) in [5.41, 5.74) is 1.85. The summed E-state index contributed by atoms with van der Waals surface area (Å²) in [6, 6.07) is 7.54. The number of nitrogens with zero attached hydrogens (tertiary/aromatic N) is 2. The van der Waals surface area contributed by atoms with Crippen molar-refractivity contribution in [1.82, 2.24) is 4.90 Å². The van der Waals surface area contributed by atoms with Gasteiger partial charge < -0.3 is 9.80 Å². The molecule has 7 heteroatoms. The summed E-state index contributed by atoms with van der Waals surface area (Å²) in [4.78, 5) is 15.5. The van der Waals surface area contributed by atoms with E-state index in [0.29, 0.717) is 0 Å². The lowest BCUT2D eigenvalue weighted by Crippen LogP contribution is -2.25. The second-order valence-corrected chi connectivity index (χ2v) is 7.10. The molecule has 0 bridgehead atoms. The van der Waals surface area contributed by atoms with Crippen LogP contribution in [0.2, 0.25) is 0 Å². The van der Waals surface area contributed by atoms with Crippen molar-refractivity contribution in [3.63, 3.8) is 0 Å². The molecule has 21 heavy (non-hydrogen) atoms. The number of benzene rings is 1. The van der Waals surface area contributed by atoms with E-state index in [0.717, 1.165) is 17.8 Å². The van der Waals surface area contributed by atoms with Gasteiger partial charge in [0.2, 0.25) is 5.91 Å². The minimum absolute atomic E-state index is 0.0720. The minimum atomic E-state index is -4.54. The van der Waals surface area contributed by atoms with E-state index in [1.54, 1.807) is 0 Å². The van der Waals surface area contributed by atoms with Crippen molar-refractivity contribution in [1.29, 1.82) is 0 Å². The first kappa shape index (κ1) is 15.9. The van der Waals surface area contributed by atoms with E-state index >= 15 is 0 Å². The lowest BCUT2D eigenvalue weighted by Gasteiger charge is -2.17. The van der Waals surface area contributed by atoms with E-state index in [9.17, 15) is 17.1 Å². The van der Waals surface area contributed by atoms with Gasteiger partial charge in [0.25, 0.3) is 0 Å². The second-order valence-electron chi connectivity index (χ2n) is 5.68. The van der Waals surface area contributed by atoms with Crippen molar-refractivity contribution in [2.45, 2.75) is 13.0 Å². The molecule has 2 rings (SSSR count). The Hall–Kier alpha value is -1.47. The number of carbonyl (C=O) groups is 1. The van der Waals surface area contributed by atoms with Gasteiger partial charge in [-0.25, -0.2) is 0 Å². The quantitative estimate of drug-likeness (QED) is 0.771. The molecule has 0 spiro atoms. The molecular formula is C14H19FN2O3S. The van der Waals surface area contributed by atoms with Crippen LogP contribution in [0.15, 0.2) is 24.3 Å². The molecule has 5 nitrogen and oxygen atoms in total. The van der Waals surface area contributed by atoms with Crippen LogP contribution >= 0.6 is 0 Å². The van der Waals surface area contributed by atoms with Crippen LogP contribution in [0.3, 0.4) is 0 Å². The lowest BCUT2D eigenvalue weighted by molar-refractivity contribution is -0.117. The molecule has 1 unspecified atom stereocenters. The summed E-state index contributed by atoms with van der Waals surface area (Å²) in [5.74, 6) is -1.23. The molecule has 1 aliphatic rings. The number of anilines is 1. The van der Waals surface area contributed by atoms with Gasteiger partial charge in [0.05, 0.1) is 5.75 Å². The number of rotatable bonds is 5. The largest absolute Gasteiger partial charge is 0.312 e. The van der Waals surface area contributed by atoms with Crippen LogP contribution in [0.5, 0.6) is 0 Å². The van der Waals surface area contributed by atoms with Crippen LogP contribution in [-0.2, 0) is 21.6 Å². The first-order valence-electron chi connectivity index (χ1n) is 6.71. The van der Waals surface area contributed by atoms with Crippen molar-refractivity contribution in [3.8, 4) is 0 Å². The number of halogens is 1. The third-order valence-electron chi connectivity index (χ3n) is 3.39. The summed E-state index contributed by atoms with van der Waals surface area (Å²) < 4.78 is 34.1. The van der Waals surface area contributed by atoms with Crippen molar-refractivity contribution in [3.05, 3.63) is 29.8 Å². The van der Waals surface area contributed by atoms with Crippen molar-refractivity contribution < 1.29 is 17.1 Å². The molecule has 1 amide bonds. The molecule has 1 atom stereocenters. The average Bonchev–Trinajstić information content (AvgIpc) is 2.68. The molecule has 1 fully saturated rings. The topological polar surface area (TPSA) is 57.7 Å². The monoisotopic (exact) mass is 314 g/mol. The zero-order chi connectivity index (χ0) is 15.6. The number of amides is 1. The Balaban J connectivity index is 2.06. The highest BCUT2D eigenvalue weighted by Crippen LogP contribution is 2.26. The zero-order valence-electron chi connectivity index (χ0n) is 12.1. The fourth-order valence-corrected chi connectivity index (χ4v) is 3.36. The zero-order valence-corrected chi connectivity index (χ0v) is 12.9. The van der Waals surface area contributed by atoms with Crippen LogP contribution < -0.4 is 4.90 Å². The number of carbonyl (C=O) groups excluding carboxylic acids is 1. The summed E-state index contributed by atoms with van der Waals surface area (Å²) in [5, 5.41) is 0. The summed E-state index contributed by atoms with van der Waals surface area (Å²) in [6.07, 6.45) is 0.0720. The van der Waals surface area contributed by atoms with E-state index in [2.05, 4.69) is 0 Å². The third kappa shape index (κ3) is 4.50. The van der Waals surface area contributed by atoms with Gasteiger partial charge in [0.15, 0.2) is 0 Å². The highest BCUT2D eigenvalue weighted by atomic mass is 32.3. The molecule has 1 saturated heterocycles. The molecule has 0 radical (unpaired) electrons. The Morgan fingerprint density at radius 1 is 1.29 bits per heavy atom. The Bertz CT molecular complexity index is 614. The van der Waals surface area contributed by atoms with Crippen molar-refractivity contribution in [2.24, 2.45) is 5.92 Å². The van der Waals surface area contributed by atoms with Gasteiger partial charge in [-0.2, -0.15) is 8.42 Å². The molecule has 0 aliphatic carbocycles. The van der Waals surface area contributed by atoms with Gasteiger partial charge in [0, 0.05) is 31.1 Å². The van der Waals surface area contributed by atoms with Gasteiger partial charge in [0.1, 0.15) is 0 Å². The fourth-order valence-electron chi connectivity index (χ4n) is 2.57. The Morgan fingerprint density at radius 3 is 2.43 bits per heavy atom. The molecule has 1 heterocycles. The van der Waals surface area contributed by atoms with Crippen LogP contribution in [0.4, 0.5) is 9.57 Å². The molecular weight excluding hydrogens is 295 g/mol. The smallest absolute Gasteiger partial charge is 0.302 e. The minimum Gasteiger partial charge on any atom is -0.312 e. The van der Waals surface area contributed by atoms with Gasteiger partial charge >= 0.3 is 10.2 Å². The summed E-state index contributed by atoms with van der Waals surface area (Å²) >= 11 is 0. The van der Waals surface area contributed by atoms with E-state index in [1.807, 2.05) is 43.3 Å². The van der Waals surface area contributed by atoms with E-state index in [4.69, 9.17) is 0 Å². The van der Waals surface area contributed by atoms with Gasteiger partial charge in [-0.1, -0.05) is 12.1 Å². The Morgan fingerprint density at radius 2 is 1.90 bits per heavy atom. The second kappa shape index (κ2) is 6.11. The van der Waals surface area contributed by atoms with Gasteiger partial charge in [-0.15, -0.1) is 3.89 Å². The predicted octanol–water partition coefficient (Wildman–Crippen LogP) is 1.40. The van der Waals surface area contributed by atoms with Crippen molar-refractivity contribution >= 4 is 21.8 Å². The molecule has 0 aromatic heterocycles. The normalized spacial score (nSPS) is 19.5. The maximum atomic E-state index is 12.7. The maximum Gasteiger partial charge on any atom is 0.302 e. The molecule has 1 aromatic rings. The van der Waals surface area contributed by atoms with E-state index in [-0.39, 0.29) is 18.9 Å². The third-order valence-corrected chi connectivity index (χ3v) is 4.26. The van der Waals surface area contributed by atoms with Crippen LogP contribution in [-0.4, -0.2) is 45.6 Å². The fraction of sp³-hybridized carbons (Fsp3) is 0.500. The summed E-state index contributed by atoms with van der Waals surface area (Å²) in [7, 11) is -0.597. The Labute approximate surface area is 124 Å². The standard InChI is InChI=1S/C14H19FN2O3S/c1-16(2)8-11-3-5-13(6-4-11)17-9-12(7-14(17)18)10-21(15,19)20/h3-6,12H,7-10H2,1-2H3. The van der Waals surface area contributed by atoms with Gasteiger partial charge in [-0.05, 0) is 31.8 Å². The van der Waals surface area contributed by atoms with Crippen LogP contribution in [0.1, 0.15) is 12.0 Å². The van der Waals surface area contributed by atoms with Gasteiger partial charge in [-0.3, -0.25) is 4.79 Å². The molecule has 0 saturated carbocycles. The molecule has 0 N–H and O–H groups in total. The van der Waals surface area contributed by atoms with Crippen LogP contribution in [0, 0.1) is 5.92 Å². The SMILES string of the molecule is CN(C)Cc1ccc(N2CC(CS(=O)(=O)F)CC2=O)cc1. The molecule has 1 aliphatic heterocycles. The molecule has 116 valence electrons. The molecule has 1 aromatic carbocycles. The maximum absolute atomic E-state index is 12.7.